The van der Waals surface area contributed by atoms with E-state index in [1.165, 1.54) is 12.4 Å². The Bertz CT molecular complexity index is 872. The normalized spacial score (nSPS) is 10.6. The van der Waals surface area contributed by atoms with Crippen LogP contribution in [0.25, 0.3) is 10.9 Å². The van der Waals surface area contributed by atoms with Crippen molar-refractivity contribution >= 4 is 22.8 Å². The van der Waals surface area contributed by atoms with Crippen LogP contribution in [0.15, 0.2) is 42.9 Å². The number of amides is 1. The van der Waals surface area contributed by atoms with Gasteiger partial charge in [-0.3, -0.25) is 4.79 Å². The Hall–Kier alpha value is -3.22. The van der Waals surface area contributed by atoms with Crippen molar-refractivity contribution in [1.29, 1.82) is 0 Å². The number of nitrogens with zero attached hydrogens (tertiary/aromatic N) is 2. The van der Waals surface area contributed by atoms with Crippen LogP contribution in [0.4, 0.5) is 0 Å². The summed E-state index contributed by atoms with van der Waals surface area (Å²) in [6.45, 7) is 0.371. The van der Waals surface area contributed by atoms with Crippen molar-refractivity contribution in [3.63, 3.8) is 0 Å². The summed E-state index contributed by atoms with van der Waals surface area (Å²) in [6.07, 6.45) is 5.06. The van der Waals surface area contributed by atoms with Crippen molar-refractivity contribution in [1.82, 2.24) is 20.3 Å². The molecule has 7 nitrogen and oxygen atoms in total. The molecule has 0 aliphatic carbocycles. The number of benzene rings is 1. The van der Waals surface area contributed by atoms with E-state index < -0.39 is 11.9 Å². The number of carbonyl (C=O) groups is 2. The first-order valence-corrected chi connectivity index (χ1v) is 7.04. The van der Waals surface area contributed by atoms with Crippen molar-refractivity contribution in [3.05, 3.63) is 59.8 Å². The highest BCUT2D eigenvalue weighted by Crippen LogP contribution is 2.17. The number of hydrogen-bond donors (Lipinski definition) is 3. The van der Waals surface area contributed by atoms with E-state index in [-0.39, 0.29) is 11.4 Å². The third kappa shape index (κ3) is 3.03. The molecule has 3 aromatic rings. The Balaban J connectivity index is 1.67. The summed E-state index contributed by atoms with van der Waals surface area (Å²) in [6, 6.07) is 7.90. The molecule has 0 atom stereocenters. The molecular formula is C16H14N4O3. The van der Waals surface area contributed by atoms with Crippen LogP contribution in [0, 0.1) is 0 Å². The molecule has 0 spiro atoms. The summed E-state index contributed by atoms with van der Waals surface area (Å²) in [5.74, 6) is -1.82. The number of aromatic amines is 1. The maximum atomic E-state index is 12.1. The van der Waals surface area contributed by atoms with Crippen molar-refractivity contribution in [2.45, 2.75) is 6.42 Å². The third-order valence-corrected chi connectivity index (χ3v) is 3.47. The molecule has 0 unspecified atom stereocenters. The van der Waals surface area contributed by atoms with Gasteiger partial charge >= 0.3 is 5.97 Å². The highest BCUT2D eigenvalue weighted by Gasteiger charge is 2.18. The first kappa shape index (κ1) is 14.7. The SMILES string of the molecule is O=C(O)c1nccnc1C(=O)NCCc1c[nH]c2ccccc12. The molecular weight excluding hydrogens is 296 g/mol. The molecule has 116 valence electrons. The summed E-state index contributed by atoms with van der Waals surface area (Å²) in [5, 5.41) is 12.8. The van der Waals surface area contributed by atoms with Gasteiger partial charge in [0.15, 0.2) is 11.4 Å². The number of carbonyl (C=O) groups excluding carboxylic acids is 1. The largest absolute Gasteiger partial charge is 0.476 e. The molecule has 2 aromatic heterocycles. The number of carboxylic acids is 1. The zero-order valence-corrected chi connectivity index (χ0v) is 12.1. The minimum absolute atomic E-state index is 0.182. The van der Waals surface area contributed by atoms with Crippen LogP contribution in [-0.2, 0) is 6.42 Å². The Morgan fingerprint density at radius 2 is 1.87 bits per heavy atom. The predicted octanol–water partition coefficient (Wildman–Crippen LogP) is 1.63. The van der Waals surface area contributed by atoms with E-state index in [9.17, 15) is 9.59 Å². The number of fused-ring (bicyclic) bond motifs is 1. The number of H-pyrrole nitrogens is 1. The molecule has 7 heteroatoms. The van der Waals surface area contributed by atoms with E-state index >= 15 is 0 Å². The average molecular weight is 310 g/mol. The number of para-hydroxylation sites is 1. The fourth-order valence-corrected chi connectivity index (χ4v) is 2.39. The highest BCUT2D eigenvalue weighted by molar-refractivity contribution is 6.01. The van der Waals surface area contributed by atoms with E-state index in [1.807, 2.05) is 30.5 Å². The lowest BCUT2D eigenvalue weighted by Gasteiger charge is -2.06. The molecule has 0 bridgehead atoms. The van der Waals surface area contributed by atoms with Crippen molar-refractivity contribution < 1.29 is 14.7 Å². The van der Waals surface area contributed by atoms with Crippen molar-refractivity contribution in [2.24, 2.45) is 0 Å². The second kappa shape index (κ2) is 6.27. The van der Waals surface area contributed by atoms with E-state index in [0.29, 0.717) is 13.0 Å². The summed E-state index contributed by atoms with van der Waals surface area (Å²) in [4.78, 5) is 33.8. The topological polar surface area (TPSA) is 108 Å². The van der Waals surface area contributed by atoms with E-state index in [4.69, 9.17) is 5.11 Å². The third-order valence-electron chi connectivity index (χ3n) is 3.47. The van der Waals surface area contributed by atoms with Gasteiger partial charge < -0.3 is 15.4 Å². The van der Waals surface area contributed by atoms with Crippen LogP contribution >= 0.6 is 0 Å². The number of nitrogens with one attached hydrogen (secondary N) is 2. The summed E-state index contributed by atoms with van der Waals surface area (Å²) in [7, 11) is 0. The monoisotopic (exact) mass is 310 g/mol. The van der Waals surface area contributed by atoms with Gasteiger partial charge in [0.2, 0.25) is 0 Å². The second-order valence-corrected chi connectivity index (χ2v) is 4.92. The molecule has 23 heavy (non-hydrogen) atoms. The predicted molar refractivity (Wildman–Crippen MR) is 83.3 cm³/mol. The summed E-state index contributed by atoms with van der Waals surface area (Å²) >= 11 is 0. The quantitative estimate of drug-likeness (QED) is 0.664. The first-order valence-electron chi connectivity index (χ1n) is 7.04. The van der Waals surface area contributed by atoms with Gasteiger partial charge in [-0.25, -0.2) is 14.8 Å². The Labute approximate surface area is 131 Å². The molecule has 0 aliphatic rings. The lowest BCUT2D eigenvalue weighted by molar-refractivity contribution is 0.0683. The lowest BCUT2D eigenvalue weighted by Crippen LogP contribution is -2.28. The van der Waals surface area contributed by atoms with Crippen LogP contribution in [0.5, 0.6) is 0 Å². The zero-order valence-electron chi connectivity index (χ0n) is 12.1. The van der Waals surface area contributed by atoms with Crippen LogP contribution < -0.4 is 5.32 Å². The number of carboxylic acid groups (broad SMARTS) is 1. The van der Waals surface area contributed by atoms with Crippen LogP contribution in [0.1, 0.15) is 26.5 Å². The van der Waals surface area contributed by atoms with Crippen molar-refractivity contribution in [3.8, 4) is 0 Å². The van der Waals surface area contributed by atoms with Gasteiger partial charge in [0.1, 0.15) is 0 Å². The smallest absolute Gasteiger partial charge is 0.356 e. The van der Waals surface area contributed by atoms with Crippen molar-refractivity contribution in [2.75, 3.05) is 6.54 Å². The Kier molecular flexibility index (Phi) is 4.01. The van der Waals surface area contributed by atoms with Gasteiger partial charge in [0.25, 0.3) is 5.91 Å². The lowest BCUT2D eigenvalue weighted by atomic mass is 10.1. The van der Waals surface area contributed by atoms with Crippen LogP contribution in [0.3, 0.4) is 0 Å². The van der Waals surface area contributed by atoms with E-state index in [2.05, 4.69) is 20.3 Å². The molecule has 2 heterocycles. The van der Waals surface area contributed by atoms with Gasteiger partial charge in [0.05, 0.1) is 0 Å². The number of aromatic nitrogens is 3. The molecule has 1 amide bonds. The molecule has 3 N–H and O–H groups in total. The molecule has 0 saturated carbocycles. The van der Waals surface area contributed by atoms with Gasteiger partial charge in [-0.2, -0.15) is 0 Å². The van der Waals surface area contributed by atoms with Gasteiger partial charge in [-0.1, -0.05) is 18.2 Å². The molecule has 0 fully saturated rings. The fourth-order valence-electron chi connectivity index (χ4n) is 2.39. The fraction of sp³-hybridized carbons (Fsp3) is 0.125. The van der Waals surface area contributed by atoms with Gasteiger partial charge in [0, 0.05) is 36.0 Å². The number of hydrogen-bond acceptors (Lipinski definition) is 4. The molecule has 1 aromatic carbocycles. The summed E-state index contributed by atoms with van der Waals surface area (Å²) < 4.78 is 0. The zero-order chi connectivity index (χ0) is 16.2. The number of aromatic carboxylic acids is 1. The standard InChI is InChI=1S/C16H14N4O3/c21-15(13-14(16(22)23)18-8-7-17-13)19-6-5-10-9-20-12-4-2-1-3-11(10)12/h1-4,7-9,20H,5-6H2,(H,19,21)(H,22,23). The summed E-state index contributed by atoms with van der Waals surface area (Å²) in [5.41, 5.74) is 1.59. The minimum Gasteiger partial charge on any atom is -0.476 e. The second-order valence-electron chi connectivity index (χ2n) is 4.92. The molecule has 0 aliphatic heterocycles. The minimum atomic E-state index is -1.28. The van der Waals surface area contributed by atoms with E-state index in [1.54, 1.807) is 0 Å². The molecule has 0 radical (unpaired) electrons. The highest BCUT2D eigenvalue weighted by atomic mass is 16.4. The maximum Gasteiger partial charge on any atom is 0.356 e. The molecule has 3 rings (SSSR count). The Morgan fingerprint density at radius 3 is 2.65 bits per heavy atom. The first-order chi connectivity index (χ1) is 11.2. The van der Waals surface area contributed by atoms with Crippen LogP contribution in [-0.4, -0.2) is 38.5 Å². The average Bonchev–Trinajstić information content (AvgIpc) is 2.98. The Morgan fingerprint density at radius 1 is 1.13 bits per heavy atom. The number of rotatable bonds is 5. The van der Waals surface area contributed by atoms with Gasteiger partial charge in [-0.05, 0) is 18.1 Å². The maximum absolute atomic E-state index is 12.1. The van der Waals surface area contributed by atoms with Crippen LogP contribution in [0.2, 0.25) is 0 Å². The van der Waals surface area contributed by atoms with Gasteiger partial charge in [-0.15, -0.1) is 0 Å². The van der Waals surface area contributed by atoms with E-state index in [0.717, 1.165) is 16.5 Å². The molecule has 0 saturated heterocycles.